The molecule has 0 aromatic heterocycles. The van der Waals surface area contributed by atoms with Crippen molar-refractivity contribution in [3.63, 3.8) is 0 Å². The number of nitrogens with one attached hydrogen (secondary N) is 1. The standard InChI is InChI=1S/C13H19NO5S/c1-10-9-11(6-7-12(10)19-2)20(17,18)14-8-4-3-5-13(15)16/h6-7,9,14H,3-5,8H2,1-2H3,(H,15,16). The largest absolute Gasteiger partial charge is 0.496 e. The second-order valence-corrected chi connectivity index (χ2v) is 6.15. The van der Waals surface area contributed by atoms with E-state index in [0.717, 1.165) is 5.56 Å². The lowest BCUT2D eigenvalue weighted by molar-refractivity contribution is -0.137. The molecule has 20 heavy (non-hydrogen) atoms. The fourth-order valence-corrected chi connectivity index (χ4v) is 2.87. The first kappa shape index (κ1) is 16.5. The van der Waals surface area contributed by atoms with Gasteiger partial charge < -0.3 is 9.84 Å². The first-order chi connectivity index (χ1) is 9.36. The van der Waals surface area contributed by atoms with E-state index in [9.17, 15) is 13.2 Å². The van der Waals surface area contributed by atoms with Gasteiger partial charge in [0.15, 0.2) is 0 Å². The molecule has 0 aliphatic heterocycles. The molecule has 112 valence electrons. The zero-order chi connectivity index (χ0) is 15.2. The molecule has 0 aliphatic carbocycles. The van der Waals surface area contributed by atoms with E-state index >= 15 is 0 Å². The van der Waals surface area contributed by atoms with Gasteiger partial charge in [-0.25, -0.2) is 13.1 Å². The number of aliphatic carboxylic acids is 1. The predicted octanol–water partition coefficient (Wildman–Crippen LogP) is 1.54. The molecule has 0 fully saturated rings. The summed E-state index contributed by atoms with van der Waals surface area (Å²) < 4.78 is 31.6. The van der Waals surface area contributed by atoms with Gasteiger partial charge in [-0.15, -0.1) is 0 Å². The van der Waals surface area contributed by atoms with Gasteiger partial charge in [0.1, 0.15) is 5.75 Å². The smallest absolute Gasteiger partial charge is 0.303 e. The van der Waals surface area contributed by atoms with Crippen LogP contribution in [-0.2, 0) is 14.8 Å². The summed E-state index contributed by atoms with van der Waals surface area (Å²) in [7, 11) is -2.04. The topological polar surface area (TPSA) is 92.7 Å². The van der Waals surface area contributed by atoms with Crippen LogP contribution in [0.2, 0.25) is 0 Å². The van der Waals surface area contributed by atoms with E-state index < -0.39 is 16.0 Å². The van der Waals surface area contributed by atoms with Crippen LogP contribution in [0, 0.1) is 6.92 Å². The molecule has 0 aliphatic rings. The molecule has 0 saturated carbocycles. The zero-order valence-electron chi connectivity index (χ0n) is 11.5. The summed E-state index contributed by atoms with van der Waals surface area (Å²) in [5.41, 5.74) is 0.737. The van der Waals surface area contributed by atoms with Crippen LogP contribution in [-0.4, -0.2) is 33.1 Å². The number of hydrogen-bond acceptors (Lipinski definition) is 4. The highest BCUT2D eigenvalue weighted by molar-refractivity contribution is 7.89. The normalized spacial score (nSPS) is 11.3. The second-order valence-electron chi connectivity index (χ2n) is 4.38. The number of unbranched alkanes of at least 4 members (excludes halogenated alkanes) is 1. The van der Waals surface area contributed by atoms with E-state index in [1.54, 1.807) is 19.1 Å². The minimum atomic E-state index is -3.56. The maximum atomic E-state index is 12.0. The van der Waals surface area contributed by atoms with Crippen molar-refractivity contribution in [2.45, 2.75) is 31.1 Å². The van der Waals surface area contributed by atoms with E-state index in [4.69, 9.17) is 9.84 Å². The van der Waals surface area contributed by atoms with Gasteiger partial charge >= 0.3 is 5.97 Å². The summed E-state index contributed by atoms with van der Waals surface area (Å²) in [4.78, 5) is 10.5. The molecule has 0 heterocycles. The summed E-state index contributed by atoms with van der Waals surface area (Å²) >= 11 is 0. The van der Waals surface area contributed by atoms with Crippen LogP contribution in [0.25, 0.3) is 0 Å². The quantitative estimate of drug-likeness (QED) is 0.710. The van der Waals surface area contributed by atoms with Crippen molar-refractivity contribution < 1.29 is 23.1 Å². The number of carboxylic acid groups (broad SMARTS) is 1. The summed E-state index contributed by atoms with van der Waals surface area (Å²) in [6.45, 7) is 1.99. The van der Waals surface area contributed by atoms with Crippen molar-refractivity contribution >= 4 is 16.0 Å². The Bertz CT molecular complexity index is 568. The van der Waals surface area contributed by atoms with E-state index in [1.807, 2.05) is 0 Å². The lowest BCUT2D eigenvalue weighted by atomic mass is 10.2. The Morgan fingerprint density at radius 1 is 1.35 bits per heavy atom. The Morgan fingerprint density at radius 3 is 2.60 bits per heavy atom. The first-order valence-electron chi connectivity index (χ1n) is 6.23. The van der Waals surface area contributed by atoms with Crippen molar-refractivity contribution in [1.29, 1.82) is 0 Å². The molecular weight excluding hydrogens is 282 g/mol. The number of methoxy groups -OCH3 is 1. The van der Waals surface area contributed by atoms with E-state index in [-0.39, 0.29) is 17.9 Å². The van der Waals surface area contributed by atoms with Gasteiger partial charge in [-0.05, 0) is 43.5 Å². The molecule has 0 unspecified atom stereocenters. The Labute approximate surface area is 118 Å². The van der Waals surface area contributed by atoms with Crippen molar-refractivity contribution in [2.24, 2.45) is 0 Å². The number of hydrogen-bond donors (Lipinski definition) is 2. The highest BCUT2D eigenvalue weighted by atomic mass is 32.2. The van der Waals surface area contributed by atoms with Crippen molar-refractivity contribution in [2.75, 3.05) is 13.7 Å². The van der Waals surface area contributed by atoms with Crippen LogP contribution >= 0.6 is 0 Å². The summed E-state index contributed by atoms with van der Waals surface area (Å²) in [6, 6.07) is 4.62. The average Bonchev–Trinajstić information content (AvgIpc) is 2.37. The highest BCUT2D eigenvalue weighted by Crippen LogP contribution is 2.21. The fourth-order valence-electron chi connectivity index (χ4n) is 1.71. The van der Waals surface area contributed by atoms with Gasteiger partial charge in [-0.1, -0.05) is 0 Å². The molecule has 1 aromatic carbocycles. The van der Waals surface area contributed by atoms with Gasteiger partial charge in [0.2, 0.25) is 10.0 Å². The molecule has 0 bridgehead atoms. The van der Waals surface area contributed by atoms with Crippen LogP contribution in [0.5, 0.6) is 5.75 Å². The maximum absolute atomic E-state index is 12.0. The molecular formula is C13H19NO5S. The van der Waals surface area contributed by atoms with Gasteiger partial charge in [-0.3, -0.25) is 4.79 Å². The van der Waals surface area contributed by atoms with Gasteiger partial charge in [0.05, 0.1) is 12.0 Å². The van der Waals surface area contributed by atoms with Crippen molar-refractivity contribution in [3.8, 4) is 5.75 Å². The zero-order valence-corrected chi connectivity index (χ0v) is 12.4. The SMILES string of the molecule is COc1ccc(S(=O)(=O)NCCCCC(=O)O)cc1C. The third-order valence-corrected chi connectivity index (χ3v) is 4.24. The van der Waals surface area contributed by atoms with Gasteiger partial charge in [0, 0.05) is 13.0 Å². The molecule has 1 rings (SSSR count). The van der Waals surface area contributed by atoms with Crippen molar-refractivity contribution in [1.82, 2.24) is 4.72 Å². The minimum Gasteiger partial charge on any atom is -0.496 e. The molecule has 7 heteroatoms. The van der Waals surface area contributed by atoms with Crippen LogP contribution in [0.15, 0.2) is 23.1 Å². The summed E-state index contributed by atoms with van der Waals surface area (Å²) in [5.74, 6) is -0.246. The molecule has 0 radical (unpaired) electrons. The molecule has 6 nitrogen and oxygen atoms in total. The summed E-state index contributed by atoms with van der Waals surface area (Å²) in [5, 5.41) is 8.48. The first-order valence-corrected chi connectivity index (χ1v) is 7.71. The molecule has 0 amide bonds. The lowest BCUT2D eigenvalue weighted by Gasteiger charge is -2.09. The minimum absolute atomic E-state index is 0.0450. The van der Waals surface area contributed by atoms with E-state index in [1.165, 1.54) is 13.2 Å². The van der Waals surface area contributed by atoms with Crippen LogP contribution < -0.4 is 9.46 Å². The third kappa shape index (κ3) is 4.82. The van der Waals surface area contributed by atoms with Crippen LogP contribution in [0.1, 0.15) is 24.8 Å². The number of carbonyl (C=O) groups is 1. The number of rotatable bonds is 8. The average molecular weight is 301 g/mol. The fraction of sp³-hybridized carbons (Fsp3) is 0.462. The Balaban J connectivity index is 2.60. The number of ether oxygens (including phenoxy) is 1. The molecule has 0 spiro atoms. The van der Waals surface area contributed by atoms with E-state index in [2.05, 4.69) is 4.72 Å². The molecule has 0 atom stereocenters. The molecule has 2 N–H and O–H groups in total. The lowest BCUT2D eigenvalue weighted by Crippen LogP contribution is -2.25. The van der Waals surface area contributed by atoms with Crippen LogP contribution in [0.3, 0.4) is 0 Å². The number of aryl methyl sites for hydroxylation is 1. The predicted molar refractivity (Wildman–Crippen MR) is 74.4 cm³/mol. The molecule has 1 aromatic rings. The van der Waals surface area contributed by atoms with Gasteiger partial charge in [0.25, 0.3) is 0 Å². The highest BCUT2D eigenvalue weighted by Gasteiger charge is 2.14. The Kier molecular flexibility index (Phi) is 5.97. The van der Waals surface area contributed by atoms with Crippen molar-refractivity contribution in [3.05, 3.63) is 23.8 Å². The monoisotopic (exact) mass is 301 g/mol. The number of benzene rings is 1. The Morgan fingerprint density at radius 2 is 2.05 bits per heavy atom. The third-order valence-electron chi connectivity index (χ3n) is 2.79. The van der Waals surface area contributed by atoms with E-state index in [0.29, 0.717) is 18.6 Å². The summed E-state index contributed by atoms with van der Waals surface area (Å²) in [6.07, 6.45) is 0.976. The molecule has 0 saturated heterocycles. The number of sulfonamides is 1. The number of carboxylic acids is 1. The maximum Gasteiger partial charge on any atom is 0.303 e. The second kappa shape index (κ2) is 7.25. The van der Waals surface area contributed by atoms with Gasteiger partial charge in [-0.2, -0.15) is 0 Å². The Hall–Kier alpha value is -1.60. The van der Waals surface area contributed by atoms with Crippen LogP contribution in [0.4, 0.5) is 0 Å².